The third kappa shape index (κ3) is 4.37. The van der Waals surface area contributed by atoms with Gasteiger partial charge in [0.25, 0.3) is 0 Å². The molecular formula is C19H27N3O2. The van der Waals surface area contributed by atoms with Crippen molar-refractivity contribution in [3.05, 3.63) is 46.3 Å². The molecule has 1 aromatic carbocycles. The first-order valence-electron chi connectivity index (χ1n) is 8.31. The quantitative estimate of drug-likeness (QED) is 0.849. The lowest BCUT2D eigenvalue weighted by Gasteiger charge is -2.10. The molecule has 0 saturated heterocycles. The van der Waals surface area contributed by atoms with Gasteiger partial charge in [0.2, 0.25) is 5.91 Å². The molecule has 0 aliphatic carbocycles. The van der Waals surface area contributed by atoms with Gasteiger partial charge in [0.1, 0.15) is 5.75 Å². The smallest absolute Gasteiger partial charge is 0.220 e. The van der Waals surface area contributed by atoms with Gasteiger partial charge in [0, 0.05) is 25.7 Å². The zero-order valence-corrected chi connectivity index (χ0v) is 15.3. The molecule has 0 aliphatic rings. The molecule has 0 atom stereocenters. The SMILES string of the molecule is COc1ccc(C)cc1CCNC(=O)CCc1c(C)nn(C)c1C. The number of carbonyl (C=O) groups is 1. The van der Waals surface area contributed by atoms with Gasteiger partial charge in [-0.05, 0) is 50.8 Å². The minimum atomic E-state index is 0.0734. The second-order valence-corrected chi connectivity index (χ2v) is 6.19. The predicted molar refractivity (Wildman–Crippen MR) is 95.4 cm³/mol. The van der Waals surface area contributed by atoms with Crippen LogP contribution in [-0.2, 0) is 24.7 Å². The molecule has 0 bridgehead atoms. The van der Waals surface area contributed by atoms with E-state index in [0.717, 1.165) is 35.5 Å². The maximum absolute atomic E-state index is 12.1. The number of methoxy groups -OCH3 is 1. The Hall–Kier alpha value is -2.30. The van der Waals surface area contributed by atoms with E-state index in [1.165, 1.54) is 11.1 Å². The second kappa shape index (κ2) is 7.99. The number of nitrogens with zero attached hydrogens (tertiary/aromatic N) is 2. The standard InChI is InChI=1S/C19H27N3O2/c1-13-6-8-18(24-5)16(12-13)10-11-20-19(23)9-7-17-14(2)21-22(4)15(17)3/h6,8,12H,7,9-11H2,1-5H3,(H,20,23). The normalized spacial score (nSPS) is 10.7. The van der Waals surface area contributed by atoms with Crippen LogP contribution in [0.5, 0.6) is 5.75 Å². The first-order chi connectivity index (χ1) is 11.4. The van der Waals surface area contributed by atoms with Crippen LogP contribution in [0.1, 0.15) is 34.5 Å². The lowest BCUT2D eigenvalue weighted by Crippen LogP contribution is -2.26. The van der Waals surface area contributed by atoms with Crippen molar-refractivity contribution in [2.75, 3.05) is 13.7 Å². The topological polar surface area (TPSA) is 56.1 Å². The number of amides is 1. The van der Waals surface area contributed by atoms with Gasteiger partial charge in [-0.3, -0.25) is 9.48 Å². The van der Waals surface area contributed by atoms with Gasteiger partial charge in [0.05, 0.1) is 12.8 Å². The summed E-state index contributed by atoms with van der Waals surface area (Å²) in [6.07, 6.45) is 1.98. The Morgan fingerprint density at radius 1 is 1.25 bits per heavy atom. The van der Waals surface area contributed by atoms with Crippen LogP contribution in [0.2, 0.25) is 0 Å². The van der Waals surface area contributed by atoms with Crippen LogP contribution in [0, 0.1) is 20.8 Å². The summed E-state index contributed by atoms with van der Waals surface area (Å²) in [6.45, 7) is 6.70. The van der Waals surface area contributed by atoms with Gasteiger partial charge in [-0.2, -0.15) is 5.10 Å². The highest BCUT2D eigenvalue weighted by atomic mass is 16.5. The van der Waals surface area contributed by atoms with Crippen molar-refractivity contribution in [3.8, 4) is 5.75 Å². The van der Waals surface area contributed by atoms with E-state index in [-0.39, 0.29) is 5.91 Å². The van der Waals surface area contributed by atoms with Gasteiger partial charge in [-0.25, -0.2) is 0 Å². The summed E-state index contributed by atoms with van der Waals surface area (Å²) >= 11 is 0. The van der Waals surface area contributed by atoms with Crippen molar-refractivity contribution < 1.29 is 9.53 Å². The number of benzene rings is 1. The lowest BCUT2D eigenvalue weighted by molar-refractivity contribution is -0.121. The van der Waals surface area contributed by atoms with Crippen molar-refractivity contribution in [1.82, 2.24) is 15.1 Å². The van der Waals surface area contributed by atoms with Gasteiger partial charge in [-0.15, -0.1) is 0 Å². The number of rotatable bonds is 7. The first-order valence-corrected chi connectivity index (χ1v) is 8.31. The molecule has 0 spiro atoms. The van der Waals surface area contributed by atoms with E-state index in [2.05, 4.69) is 23.4 Å². The Balaban J connectivity index is 1.83. The number of ether oxygens (including phenoxy) is 1. The Morgan fingerprint density at radius 3 is 2.62 bits per heavy atom. The molecule has 130 valence electrons. The fourth-order valence-corrected chi connectivity index (χ4v) is 2.95. The molecule has 2 aromatic rings. The molecule has 1 amide bonds. The molecule has 2 rings (SSSR count). The maximum atomic E-state index is 12.1. The maximum Gasteiger partial charge on any atom is 0.220 e. The minimum absolute atomic E-state index is 0.0734. The number of aromatic nitrogens is 2. The van der Waals surface area contributed by atoms with Crippen LogP contribution < -0.4 is 10.1 Å². The Bertz CT molecular complexity index is 720. The van der Waals surface area contributed by atoms with Gasteiger partial charge >= 0.3 is 0 Å². The Labute approximate surface area is 144 Å². The first kappa shape index (κ1) is 18.0. The van der Waals surface area contributed by atoms with E-state index in [1.54, 1.807) is 7.11 Å². The molecule has 5 nitrogen and oxygen atoms in total. The molecule has 5 heteroatoms. The number of nitrogens with one attached hydrogen (secondary N) is 1. The molecule has 1 heterocycles. The highest BCUT2D eigenvalue weighted by Gasteiger charge is 2.11. The molecule has 0 radical (unpaired) electrons. The summed E-state index contributed by atoms with van der Waals surface area (Å²) in [4.78, 5) is 12.1. The van der Waals surface area contributed by atoms with Crippen molar-refractivity contribution in [2.45, 2.75) is 40.0 Å². The van der Waals surface area contributed by atoms with Crippen LogP contribution in [0.15, 0.2) is 18.2 Å². The number of aryl methyl sites for hydroxylation is 3. The van der Waals surface area contributed by atoms with Gasteiger partial charge in [-0.1, -0.05) is 17.7 Å². The fraction of sp³-hybridized carbons (Fsp3) is 0.474. The van der Waals surface area contributed by atoms with Crippen molar-refractivity contribution >= 4 is 5.91 Å². The molecule has 0 fully saturated rings. The molecule has 1 N–H and O–H groups in total. The van der Waals surface area contributed by atoms with Crippen LogP contribution >= 0.6 is 0 Å². The second-order valence-electron chi connectivity index (χ2n) is 6.19. The lowest BCUT2D eigenvalue weighted by atomic mass is 10.1. The Kier molecular flexibility index (Phi) is 6.01. The molecule has 0 saturated carbocycles. The van der Waals surface area contributed by atoms with E-state index < -0.39 is 0 Å². The van der Waals surface area contributed by atoms with Crippen LogP contribution in [0.4, 0.5) is 0 Å². The highest BCUT2D eigenvalue weighted by molar-refractivity contribution is 5.76. The summed E-state index contributed by atoms with van der Waals surface area (Å²) < 4.78 is 7.24. The van der Waals surface area contributed by atoms with Crippen molar-refractivity contribution in [2.24, 2.45) is 7.05 Å². The summed E-state index contributed by atoms with van der Waals surface area (Å²) in [5, 5.41) is 7.38. The third-order valence-electron chi connectivity index (χ3n) is 4.41. The summed E-state index contributed by atoms with van der Waals surface area (Å²) in [5.41, 5.74) is 5.63. The average molecular weight is 329 g/mol. The summed E-state index contributed by atoms with van der Waals surface area (Å²) in [7, 11) is 3.60. The van der Waals surface area contributed by atoms with Crippen LogP contribution in [0.25, 0.3) is 0 Å². The third-order valence-corrected chi connectivity index (χ3v) is 4.41. The minimum Gasteiger partial charge on any atom is -0.496 e. The molecule has 0 unspecified atom stereocenters. The average Bonchev–Trinajstić information content (AvgIpc) is 2.78. The van der Waals surface area contributed by atoms with E-state index >= 15 is 0 Å². The van der Waals surface area contributed by atoms with E-state index in [9.17, 15) is 4.79 Å². The van der Waals surface area contributed by atoms with Crippen LogP contribution in [-0.4, -0.2) is 29.3 Å². The Morgan fingerprint density at radius 2 is 2.00 bits per heavy atom. The highest BCUT2D eigenvalue weighted by Crippen LogP contribution is 2.19. The monoisotopic (exact) mass is 329 g/mol. The number of hydrogen-bond acceptors (Lipinski definition) is 3. The van der Waals surface area contributed by atoms with E-state index in [0.29, 0.717) is 13.0 Å². The fourth-order valence-electron chi connectivity index (χ4n) is 2.95. The molecule has 1 aromatic heterocycles. The largest absolute Gasteiger partial charge is 0.496 e. The van der Waals surface area contributed by atoms with Crippen molar-refractivity contribution in [1.29, 1.82) is 0 Å². The number of hydrogen-bond donors (Lipinski definition) is 1. The number of carbonyl (C=O) groups excluding carboxylic acids is 1. The van der Waals surface area contributed by atoms with E-state index in [1.807, 2.05) is 37.7 Å². The molecule has 0 aliphatic heterocycles. The van der Waals surface area contributed by atoms with Crippen LogP contribution in [0.3, 0.4) is 0 Å². The summed E-state index contributed by atoms with van der Waals surface area (Å²) in [5.74, 6) is 0.945. The van der Waals surface area contributed by atoms with E-state index in [4.69, 9.17) is 4.74 Å². The summed E-state index contributed by atoms with van der Waals surface area (Å²) in [6, 6.07) is 6.10. The predicted octanol–water partition coefficient (Wildman–Crippen LogP) is 2.65. The zero-order chi connectivity index (χ0) is 17.7. The molecular weight excluding hydrogens is 302 g/mol. The van der Waals surface area contributed by atoms with Gasteiger partial charge < -0.3 is 10.1 Å². The van der Waals surface area contributed by atoms with Gasteiger partial charge in [0.15, 0.2) is 0 Å². The van der Waals surface area contributed by atoms with Crippen molar-refractivity contribution in [3.63, 3.8) is 0 Å². The molecule has 24 heavy (non-hydrogen) atoms. The zero-order valence-electron chi connectivity index (χ0n) is 15.3.